The molecule has 2 aromatic heterocycles. The van der Waals surface area contributed by atoms with Crippen LogP contribution < -0.4 is 0 Å². The van der Waals surface area contributed by atoms with Gasteiger partial charge in [-0.3, -0.25) is 0 Å². The topological polar surface area (TPSA) is 140 Å². The highest BCUT2D eigenvalue weighted by molar-refractivity contribution is 5.69. The zero-order valence-electron chi connectivity index (χ0n) is 20.1. The predicted octanol–water partition coefficient (Wildman–Crippen LogP) is 2.48. The number of aromatic nitrogens is 8. The summed E-state index contributed by atoms with van der Waals surface area (Å²) in [5.41, 5.74) is 3.19. The number of tetrazole rings is 2. The average molecular weight is 511 g/mol. The fourth-order valence-corrected chi connectivity index (χ4v) is 3.41. The Kier molecular flexibility index (Phi) is 7.49. The molecule has 0 aliphatic heterocycles. The number of esters is 2. The van der Waals surface area contributed by atoms with Gasteiger partial charge in [0.05, 0.1) is 0 Å². The van der Waals surface area contributed by atoms with Crippen LogP contribution in [0.5, 0.6) is 0 Å². The van der Waals surface area contributed by atoms with E-state index in [0.29, 0.717) is 11.6 Å². The van der Waals surface area contributed by atoms with Gasteiger partial charge < -0.3 is 9.47 Å². The lowest BCUT2D eigenvalue weighted by Crippen LogP contribution is -2.16. The van der Waals surface area contributed by atoms with E-state index in [1.165, 1.54) is 9.59 Å². The number of benzene rings is 3. The van der Waals surface area contributed by atoms with E-state index in [9.17, 15) is 9.59 Å². The minimum Gasteiger partial charge on any atom is -0.459 e. The molecule has 0 saturated heterocycles. The fraction of sp³-hybridized carbons (Fsp3) is 0.154. The summed E-state index contributed by atoms with van der Waals surface area (Å²) in [4.78, 5) is 26.8. The Labute approximate surface area is 216 Å². The average Bonchev–Trinajstić information content (AvgIpc) is 3.62. The van der Waals surface area contributed by atoms with Crippen LogP contribution in [0.15, 0.2) is 84.9 Å². The predicted molar refractivity (Wildman–Crippen MR) is 133 cm³/mol. The SMILES string of the molecule is O=C(Cn1nnc(-c2ccccc2)n1)OCc1ccc(COC(=O)Cn2nnc(-c3ccccc3)n2)cc1. The van der Waals surface area contributed by atoms with Crippen LogP contribution >= 0.6 is 0 Å². The first kappa shape index (κ1) is 24.4. The zero-order chi connectivity index (χ0) is 26.2. The van der Waals surface area contributed by atoms with Crippen molar-refractivity contribution in [3.05, 3.63) is 96.1 Å². The molecule has 0 amide bonds. The van der Waals surface area contributed by atoms with E-state index in [4.69, 9.17) is 9.47 Å². The number of hydrogen-bond donors (Lipinski definition) is 0. The number of rotatable bonds is 10. The molecule has 0 atom stereocenters. The van der Waals surface area contributed by atoms with Gasteiger partial charge in [-0.25, -0.2) is 9.59 Å². The Balaban J connectivity index is 1.04. The summed E-state index contributed by atoms with van der Waals surface area (Å²) in [5.74, 6) is -0.109. The maximum atomic E-state index is 12.2. The van der Waals surface area contributed by atoms with Crippen molar-refractivity contribution in [1.29, 1.82) is 0 Å². The van der Waals surface area contributed by atoms with Crippen LogP contribution in [0.1, 0.15) is 11.1 Å². The lowest BCUT2D eigenvalue weighted by Gasteiger charge is -2.07. The normalized spacial score (nSPS) is 10.7. The van der Waals surface area contributed by atoms with Crippen molar-refractivity contribution in [2.24, 2.45) is 0 Å². The van der Waals surface area contributed by atoms with E-state index in [-0.39, 0.29) is 26.3 Å². The van der Waals surface area contributed by atoms with Gasteiger partial charge >= 0.3 is 11.9 Å². The van der Waals surface area contributed by atoms with Crippen molar-refractivity contribution in [2.75, 3.05) is 0 Å². The van der Waals surface area contributed by atoms with Gasteiger partial charge in [0.2, 0.25) is 11.6 Å². The minimum atomic E-state index is -0.489. The monoisotopic (exact) mass is 510 g/mol. The Hall–Kier alpha value is -5.26. The molecular weight excluding hydrogens is 488 g/mol. The Morgan fingerprint density at radius 1 is 0.579 bits per heavy atom. The van der Waals surface area contributed by atoms with Crippen LogP contribution in [0.3, 0.4) is 0 Å². The van der Waals surface area contributed by atoms with Gasteiger partial charge in [-0.2, -0.15) is 9.59 Å². The molecule has 0 radical (unpaired) electrons. The van der Waals surface area contributed by atoms with Crippen molar-refractivity contribution in [1.82, 2.24) is 40.4 Å². The third kappa shape index (κ3) is 6.49. The molecule has 0 unspecified atom stereocenters. The van der Waals surface area contributed by atoms with Crippen molar-refractivity contribution in [3.63, 3.8) is 0 Å². The summed E-state index contributed by atoms with van der Waals surface area (Å²) in [6.07, 6.45) is 0. The maximum Gasteiger partial charge on any atom is 0.330 e. The first-order valence-electron chi connectivity index (χ1n) is 11.7. The molecule has 0 aliphatic carbocycles. The van der Waals surface area contributed by atoms with Crippen LogP contribution in [0.25, 0.3) is 22.8 Å². The molecule has 0 bridgehead atoms. The van der Waals surface area contributed by atoms with Crippen molar-refractivity contribution in [2.45, 2.75) is 26.3 Å². The summed E-state index contributed by atoms with van der Waals surface area (Å²) >= 11 is 0. The van der Waals surface area contributed by atoms with Crippen molar-refractivity contribution in [3.8, 4) is 22.8 Å². The molecule has 2 heterocycles. The van der Waals surface area contributed by atoms with Gasteiger partial charge in [-0.05, 0) is 21.6 Å². The molecule has 0 fully saturated rings. The van der Waals surface area contributed by atoms with Gasteiger partial charge in [0.1, 0.15) is 13.2 Å². The Bertz CT molecular complexity index is 1390. The maximum absolute atomic E-state index is 12.2. The standard InChI is InChI=1S/C26H22N8O4/c35-23(15-33-29-25(27-31-33)21-7-3-1-4-8-21)37-17-19-11-13-20(14-12-19)18-38-24(36)16-34-30-26(28-32-34)22-9-5-2-6-10-22/h1-14H,15-18H2. The first-order chi connectivity index (χ1) is 18.6. The summed E-state index contributed by atoms with van der Waals surface area (Å²) < 4.78 is 10.6. The molecule has 5 aromatic rings. The third-order valence-corrected chi connectivity index (χ3v) is 5.33. The van der Waals surface area contributed by atoms with Crippen LogP contribution in [-0.2, 0) is 45.4 Å². The summed E-state index contributed by atoms with van der Waals surface area (Å²) in [7, 11) is 0. The first-order valence-corrected chi connectivity index (χ1v) is 11.7. The summed E-state index contributed by atoms with van der Waals surface area (Å²) in [6.45, 7) is -0.135. The van der Waals surface area contributed by atoms with Crippen LogP contribution in [-0.4, -0.2) is 52.4 Å². The highest BCUT2D eigenvalue weighted by Gasteiger charge is 2.12. The Morgan fingerprint density at radius 3 is 1.37 bits per heavy atom. The minimum absolute atomic E-state index is 0.0842. The summed E-state index contributed by atoms with van der Waals surface area (Å²) in [5, 5.41) is 24.1. The molecule has 38 heavy (non-hydrogen) atoms. The smallest absolute Gasteiger partial charge is 0.330 e. The van der Waals surface area contributed by atoms with E-state index in [0.717, 1.165) is 22.3 Å². The van der Waals surface area contributed by atoms with Crippen molar-refractivity contribution < 1.29 is 19.1 Å². The second-order valence-electron chi connectivity index (χ2n) is 8.16. The largest absolute Gasteiger partial charge is 0.459 e. The van der Waals surface area contributed by atoms with Crippen LogP contribution in [0, 0.1) is 0 Å². The molecule has 190 valence electrons. The van der Waals surface area contributed by atoms with E-state index in [2.05, 4.69) is 30.8 Å². The number of ether oxygens (including phenoxy) is 2. The third-order valence-electron chi connectivity index (χ3n) is 5.33. The lowest BCUT2D eigenvalue weighted by atomic mass is 10.1. The van der Waals surface area contributed by atoms with Gasteiger partial charge in [0.25, 0.3) is 0 Å². The van der Waals surface area contributed by atoms with Crippen LogP contribution in [0.4, 0.5) is 0 Å². The highest BCUT2D eigenvalue weighted by atomic mass is 16.5. The zero-order valence-corrected chi connectivity index (χ0v) is 20.1. The van der Waals surface area contributed by atoms with Gasteiger partial charge in [-0.1, -0.05) is 84.9 Å². The molecule has 0 N–H and O–H groups in total. The quantitative estimate of drug-likeness (QED) is 0.257. The molecule has 0 aliphatic rings. The highest BCUT2D eigenvalue weighted by Crippen LogP contribution is 2.13. The van der Waals surface area contributed by atoms with Crippen molar-refractivity contribution >= 4 is 11.9 Å². The molecule has 12 nitrogen and oxygen atoms in total. The molecule has 5 rings (SSSR count). The number of carbonyl (C=O) groups is 2. The number of nitrogens with zero attached hydrogens (tertiary/aromatic N) is 8. The van der Waals surface area contributed by atoms with Crippen LogP contribution in [0.2, 0.25) is 0 Å². The summed E-state index contributed by atoms with van der Waals surface area (Å²) in [6, 6.07) is 25.9. The second-order valence-corrected chi connectivity index (χ2v) is 8.16. The van der Waals surface area contributed by atoms with E-state index < -0.39 is 11.9 Å². The van der Waals surface area contributed by atoms with Gasteiger partial charge in [-0.15, -0.1) is 20.4 Å². The second kappa shape index (κ2) is 11.6. The van der Waals surface area contributed by atoms with Gasteiger partial charge in [0, 0.05) is 11.1 Å². The molecule has 0 saturated carbocycles. The number of carbonyl (C=O) groups excluding carboxylic acids is 2. The molecule has 12 heteroatoms. The fourth-order valence-electron chi connectivity index (χ4n) is 3.41. The Morgan fingerprint density at radius 2 is 0.974 bits per heavy atom. The van der Waals surface area contributed by atoms with E-state index >= 15 is 0 Å². The molecule has 3 aromatic carbocycles. The number of hydrogen-bond acceptors (Lipinski definition) is 10. The molecular formula is C26H22N8O4. The lowest BCUT2D eigenvalue weighted by molar-refractivity contribution is -0.147. The van der Waals surface area contributed by atoms with Gasteiger partial charge in [0.15, 0.2) is 13.1 Å². The molecule has 0 spiro atoms. The van der Waals surface area contributed by atoms with E-state index in [1.807, 2.05) is 60.7 Å². The van der Waals surface area contributed by atoms with E-state index in [1.54, 1.807) is 24.3 Å².